The van der Waals surface area contributed by atoms with Crippen LogP contribution in [-0.2, 0) is 0 Å². The quantitative estimate of drug-likeness (QED) is 0.449. The first-order chi connectivity index (χ1) is 12.7. The molecule has 0 amide bonds. The predicted octanol–water partition coefficient (Wildman–Crippen LogP) is 5.87. The molecule has 128 valence electrons. The Balaban J connectivity index is 0.000000206. The summed E-state index contributed by atoms with van der Waals surface area (Å²) in [5, 5.41) is 0. The Kier molecular flexibility index (Phi) is 5.69. The first-order valence-corrected chi connectivity index (χ1v) is 8.55. The summed E-state index contributed by atoms with van der Waals surface area (Å²) in [6, 6.07) is 36.9. The third-order valence-corrected chi connectivity index (χ3v) is 4.10. The van der Waals surface area contributed by atoms with Crippen LogP contribution in [0.25, 0.3) is 22.3 Å². The van der Waals surface area contributed by atoms with Crippen molar-refractivity contribution >= 4 is 11.4 Å². The molecule has 2 nitrogen and oxygen atoms in total. The minimum atomic E-state index is 0.646. The maximum Gasteiger partial charge on any atom is 0.0547 e. The molecule has 0 saturated heterocycles. The SMILES string of the molecule is Nc1ccccc1N.c1ccc(-c2ccc(-c3ccccc3)cc2)cc1. The Labute approximate surface area is 154 Å². The molecule has 0 bridgehead atoms. The highest BCUT2D eigenvalue weighted by atomic mass is 14.7. The van der Waals surface area contributed by atoms with Gasteiger partial charge in [0.1, 0.15) is 0 Å². The van der Waals surface area contributed by atoms with Crippen molar-refractivity contribution in [3.8, 4) is 22.3 Å². The van der Waals surface area contributed by atoms with Gasteiger partial charge in [-0.2, -0.15) is 0 Å². The van der Waals surface area contributed by atoms with Crippen LogP contribution < -0.4 is 11.5 Å². The van der Waals surface area contributed by atoms with Crippen molar-refractivity contribution in [3.05, 3.63) is 109 Å². The van der Waals surface area contributed by atoms with E-state index in [1.165, 1.54) is 22.3 Å². The van der Waals surface area contributed by atoms with Gasteiger partial charge in [-0.15, -0.1) is 0 Å². The lowest BCUT2D eigenvalue weighted by Gasteiger charge is -2.04. The number of nitrogen functional groups attached to an aromatic ring is 2. The molecular formula is C24H22N2. The average molecular weight is 338 g/mol. The summed E-state index contributed by atoms with van der Waals surface area (Å²) in [6.45, 7) is 0. The zero-order chi connectivity index (χ0) is 18.2. The second kappa shape index (κ2) is 8.54. The van der Waals surface area contributed by atoms with Crippen LogP contribution >= 0.6 is 0 Å². The monoisotopic (exact) mass is 338 g/mol. The van der Waals surface area contributed by atoms with Gasteiger partial charge in [0.05, 0.1) is 11.4 Å². The Morgan fingerprint density at radius 1 is 0.308 bits per heavy atom. The van der Waals surface area contributed by atoms with E-state index in [2.05, 4.69) is 72.8 Å². The zero-order valence-corrected chi connectivity index (χ0v) is 14.5. The summed E-state index contributed by atoms with van der Waals surface area (Å²) >= 11 is 0. The highest BCUT2D eigenvalue weighted by Gasteiger charge is 1.98. The molecule has 26 heavy (non-hydrogen) atoms. The van der Waals surface area contributed by atoms with Crippen LogP contribution in [0, 0.1) is 0 Å². The van der Waals surface area contributed by atoms with Crippen LogP contribution in [0.4, 0.5) is 11.4 Å². The van der Waals surface area contributed by atoms with Gasteiger partial charge in [0.15, 0.2) is 0 Å². The molecule has 0 fully saturated rings. The molecule has 0 aliphatic carbocycles. The summed E-state index contributed by atoms with van der Waals surface area (Å²) in [4.78, 5) is 0. The van der Waals surface area contributed by atoms with Gasteiger partial charge in [0.25, 0.3) is 0 Å². The molecule has 0 unspecified atom stereocenters. The molecule has 0 aromatic heterocycles. The van der Waals surface area contributed by atoms with Gasteiger partial charge in [-0.1, -0.05) is 97.1 Å². The summed E-state index contributed by atoms with van der Waals surface area (Å²) < 4.78 is 0. The normalized spacial score (nSPS) is 9.85. The number of benzene rings is 4. The van der Waals surface area contributed by atoms with Crippen LogP contribution in [-0.4, -0.2) is 0 Å². The van der Waals surface area contributed by atoms with Crippen molar-refractivity contribution in [3.63, 3.8) is 0 Å². The van der Waals surface area contributed by atoms with Crippen LogP contribution in [0.5, 0.6) is 0 Å². The lowest BCUT2D eigenvalue weighted by Crippen LogP contribution is -1.91. The lowest BCUT2D eigenvalue weighted by molar-refractivity contribution is 1.59. The minimum absolute atomic E-state index is 0.646. The van der Waals surface area contributed by atoms with Crippen LogP contribution in [0.2, 0.25) is 0 Å². The molecule has 4 rings (SSSR count). The first kappa shape index (κ1) is 17.3. The van der Waals surface area contributed by atoms with E-state index < -0.39 is 0 Å². The number of para-hydroxylation sites is 2. The van der Waals surface area contributed by atoms with E-state index in [1.807, 2.05) is 24.3 Å². The fraction of sp³-hybridized carbons (Fsp3) is 0. The third kappa shape index (κ3) is 4.52. The molecule has 4 N–H and O–H groups in total. The van der Waals surface area contributed by atoms with Crippen molar-refractivity contribution in [1.29, 1.82) is 0 Å². The van der Waals surface area contributed by atoms with E-state index in [0.717, 1.165) is 0 Å². The lowest BCUT2D eigenvalue weighted by atomic mass is 10.0. The van der Waals surface area contributed by atoms with Crippen LogP contribution in [0.1, 0.15) is 0 Å². The van der Waals surface area contributed by atoms with Gasteiger partial charge in [-0.25, -0.2) is 0 Å². The standard InChI is InChI=1S/C18H14.C6H8N2/c1-3-7-15(8-4-1)17-11-13-18(14-12-17)16-9-5-2-6-10-16;7-5-3-1-2-4-6(5)8/h1-14H;1-4H,7-8H2. The maximum atomic E-state index is 5.39. The number of anilines is 2. The number of hydrogen-bond acceptors (Lipinski definition) is 2. The molecule has 0 spiro atoms. The van der Waals surface area contributed by atoms with Gasteiger partial charge in [-0.3, -0.25) is 0 Å². The van der Waals surface area contributed by atoms with Crippen LogP contribution in [0.3, 0.4) is 0 Å². The number of nitrogens with two attached hydrogens (primary N) is 2. The van der Waals surface area contributed by atoms with Gasteiger partial charge in [0.2, 0.25) is 0 Å². The fourth-order valence-corrected chi connectivity index (χ4v) is 2.63. The maximum absolute atomic E-state index is 5.39. The van der Waals surface area contributed by atoms with E-state index in [9.17, 15) is 0 Å². The Hall–Kier alpha value is -3.52. The largest absolute Gasteiger partial charge is 0.397 e. The molecule has 0 saturated carbocycles. The Morgan fingerprint density at radius 2 is 0.577 bits per heavy atom. The molecule has 0 aliphatic rings. The van der Waals surface area contributed by atoms with E-state index >= 15 is 0 Å². The van der Waals surface area contributed by atoms with E-state index in [4.69, 9.17) is 11.5 Å². The second-order valence-corrected chi connectivity index (χ2v) is 5.94. The number of rotatable bonds is 2. The van der Waals surface area contributed by atoms with Crippen molar-refractivity contribution in [2.24, 2.45) is 0 Å². The molecule has 2 heteroatoms. The van der Waals surface area contributed by atoms with Gasteiger partial charge < -0.3 is 11.5 Å². The van der Waals surface area contributed by atoms with Crippen molar-refractivity contribution in [1.82, 2.24) is 0 Å². The summed E-state index contributed by atoms with van der Waals surface area (Å²) in [7, 11) is 0. The molecular weight excluding hydrogens is 316 g/mol. The average Bonchev–Trinajstić information content (AvgIpc) is 2.72. The van der Waals surface area contributed by atoms with E-state index in [-0.39, 0.29) is 0 Å². The van der Waals surface area contributed by atoms with E-state index in [1.54, 1.807) is 12.1 Å². The smallest absolute Gasteiger partial charge is 0.0547 e. The van der Waals surface area contributed by atoms with Gasteiger partial charge in [-0.05, 0) is 34.4 Å². The van der Waals surface area contributed by atoms with Crippen molar-refractivity contribution in [2.45, 2.75) is 0 Å². The summed E-state index contributed by atoms with van der Waals surface area (Å²) in [6.07, 6.45) is 0. The zero-order valence-electron chi connectivity index (χ0n) is 14.5. The Bertz CT molecular complexity index is 851. The highest BCUT2D eigenvalue weighted by molar-refractivity contribution is 5.70. The topological polar surface area (TPSA) is 52.0 Å². The van der Waals surface area contributed by atoms with Crippen molar-refractivity contribution in [2.75, 3.05) is 11.5 Å². The first-order valence-electron chi connectivity index (χ1n) is 8.55. The molecule has 4 aromatic carbocycles. The molecule has 0 aliphatic heterocycles. The Morgan fingerprint density at radius 3 is 0.885 bits per heavy atom. The minimum Gasteiger partial charge on any atom is -0.397 e. The molecule has 0 radical (unpaired) electrons. The summed E-state index contributed by atoms with van der Waals surface area (Å²) in [5.41, 5.74) is 17.1. The third-order valence-electron chi connectivity index (χ3n) is 4.10. The van der Waals surface area contributed by atoms with E-state index in [0.29, 0.717) is 11.4 Å². The summed E-state index contributed by atoms with van der Waals surface area (Å²) in [5.74, 6) is 0. The van der Waals surface area contributed by atoms with Gasteiger partial charge >= 0.3 is 0 Å². The van der Waals surface area contributed by atoms with Gasteiger partial charge in [0, 0.05) is 0 Å². The molecule has 4 aromatic rings. The van der Waals surface area contributed by atoms with Crippen LogP contribution in [0.15, 0.2) is 109 Å². The molecule has 0 atom stereocenters. The number of hydrogen-bond donors (Lipinski definition) is 2. The van der Waals surface area contributed by atoms with Crippen molar-refractivity contribution < 1.29 is 0 Å². The predicted molar refractivity (Wildman–Crippen MR) is 113 cm³/mol. The highest BCUT2D eigenvalue weighted by Crippen LogP contribution is 2.24. The second-order valence-electron chi connectivity index (χ2n) is 5.94. The fourth-order valence-electron chi connectivity index (χ4n) is 2.63. The molecule has 0 heterocycles.